The number of carbonyl (C=O) groups excluding carboxylic acids is 1. The van der Waals surface area contributed by atoms with Gasteiger partial charge in [0.15, 0.2) is 18.1 Å². The third-order valence-corrected chi connectivity index (χ3v) is 3.52. The molecule has 1 amide bonds. The van der Waals surface area contributed by atoms with Crippen LogP contribution in [0.3, 0.4) is 0 Å². The molecule has 21 heavy (non-hydrogen) atoms. The molecule has 0 saturated heterocycles. The van der Waals surface area contributed by atoms with Crippen molar-refractivity contribution < 1.29 is 19.4 Å². The molecule has 0 heterocycles. The predicted molar refractivity (Wildman–Crippen MR) is 79.4 cm³/mol. The molecular weight excluding hydrogens is 270 g/mol. The van der Waals surface area contributed by atoms with E-state index in [0.29, 0.717) is 36.3 Å². The zero-order valence-corrected chi connectivity index (χ0v) is 12.7. The van der Waals surface area contributed by atoms with Crippen molar-refractivity contribution in [2.24, 2.45) is 0 Å². The quantitative estimate of drug-likeness (QED) is 0.796. The molecule has 1 fully saturated rings. The summed E-state index contributed by atoms with van der Waals surface area (Å²) in [6, 6.07) is 5.72. The van der Waals surface area contributed by atoms with Gasteiger partial charge in [0, 0.05) is 18.2 Å². The monoisotopic (exact) mass is 293 g/mol. The molecule has 5 nitrogen and oxygen atoms in total. The highest BCUT2D eigenvalue weighted by atomic mass is 16.5. The minimum Gasteiger partial charge on any atom is -0.490 e. The average Bonchev–Trinajstić information content (AvgIpc) is 3.31. The van der Waals surface area contributed by atoms with E-state index in [1.165, 1.54) is 0 Å². The van der Waals surface area contributed by atoms with Gasteiger partial charge in [0.1, 0.15) is 0 Å². The molecule has 0 atom stereocenters. The number of nitrogens with zero attached hydrogens (tertiary/aromatic N) is 1. The molecule has 1 N–H and O–H groups in total. The van der Waals surface area contributed by atoms with Crippen LogP contribution < -0.4 is 9.47 Å². The molecule has 0 aliphatic heterocycles. The van der Waals surface area contributed by atoms with E-state index in [1.54, 1.807) is 18.2 Å². The van der Waals surface area contributed by atoms with Crippen LogP contribution in [0.15, 0.2) is 18.2 Å². The van der Waals surface area contributed by atoms with Crippen LogP contribution in [-0.2, 0) is 11.4 Å². The number of ether oxygens (including phenoxy) is 2. The first-order valence-corrected chi connectivity index (χ1v) is 7.49. The first-order valence-electron chi connectivity index (χ1n) is 7.49. The molecule has 1 aromatic carbocycles. The summed E-state index contributed by atoms with van der Waals surface area (Å²) in [6.07, 6.45) is 2.16. The van der Waals surface area contributed by atoms with Gasteiger partial charge in [-0.15, -0.1) is 0 Å². The largest absolute Gasteiger partial charge is 0.490 e. The number of para-hydroxylation sites is 1. The molecule has 1 aromatic rings. The Bertz CT molecular complexity index is 485. The van der Waals surface area contributed by atoms with Gasteiger partial charge in [-0.25, -0.2) is 0 Å². The lowest BCUT2D eigenvalue weighted by Gasteiger charge is -2.21. The number of hydrogen-bond donors (Lipinski definition) is 1. The fraction of sp³-hybridized carbons (Fsp3) is 0.562. The van der Waals surface area contributed by atoms with E-state index >= 15 is 0 Å². The van der Waals surface area contributed by atoms with Gasteiger partial charge in [0.25, 0.3) is 5.91 Å². The Morgan fingerprint density at radius 1 is 1.33 bits per heavy atom. The van der Waals surface area contributed by atoms with E-state index < -0.39 is 0 Å². The highest BCUT2D eigenvalue weighted by molar-refractivity contribution is 5.78. The van der Waals surface area contributed by atoms with Crippen LogP contribution >= 0.6 is 0 Å². The summed E-state index contributed by atoms with van der Waals surface area (Å²) in [7, 11) is 0. The molecule has 1 aliphatic carbocycles. The fourth-order valence-corrected chi connectivity index (χ4v) is 2.36. The average molecular weight is 293 g/mol. The number of aliphatic hydroxyl groups is 1. The number of benzene rings is 1. The summed E-state index contributed by atoms with van der Waals surface area (Å²) < 4.78 is 11.2. The summed E-state index contributed by atoms with van der Waals surface area (Å²) in [5.74, 6) is 1.00. The van der Waals surface area contributed by atoms with Crippen LogP contribution in [0.1, 0.15) is 32.3 Å². The maximum absolute atomic E-state index is 12.2. The van der Waals surface area contributed by atoms with Gasteiger partial charge in [0.05, 0.1) is 13.2 Å². The van der Waals surface area contributed by atoms with Crippen LogP contribution in [0.2, 0.25) is 0 Å². The van der Waals surface area contributed by atoms with Crippen molar-refractivity contribution in [3.8, 4) is 11.5 Å². The standard InChI is InChI=1S/C16H23NO4/c1-3-17(13-8-9-13)15(19)11-21-16-12(10-18)6-5-7-14(16)20-4-2/h5-7,13,18H,3-4,8-11H2,1-2H3. The molecule has 116 valence electrons. The summed E-state index contributed by atoms with van der Waals surface area (Å²) in [6.45, 7) is 4.89. The molecule has 2 rings (SSSR count). The Morgan fingerprint density at radius 3 is 2.67 bits per heavy atom. The minimum atomic E-state index is -0.148. The van der Waals surface area contributed by atoms with Crippen molar-refractivity contribution in [3.05, 3.63) is 23.8 Å². The van der Waals surface area contributed by atoms with Crippen molar-refractivity contribution in [2.75, 3.05) is 19.8 Å². The lowest BCUT2D eigenvalue weighted by atomic mass is 10.2. The van der Waals surface area contributed by atoms with Crippen LogP contribution in [0.4, 0.5) is 0 Å². The Labute approximate surface area is 125 Å². The summed E-state index contributed by atoms with van der Waals surface area (Å²) in [4.78, 5) is 14.0. The highest BCUT2D eigenvalue weighted by Crippen LogP contribution is 2.32. The topological polar surface area (TPSA) is 59.0 Å². The van der Waals surface area contributed by atoms with Crippen molar-refractivity contribution in [1.82, 2.24) is 4.90 Å². The molecule has 0 unspecified atom stereocenters. The Kier molecular flexibility index (Phi) is 5.44. The lowest BCUT2D eigenvalue weighted by Crippen LogP contribution is -2.36. The predicted octanol–water partition coefficient (Wildman–Crippen LogP) is 1.97. The van der Waals surface area contributed by atoms with E-state index in [0.717, 1.165) is 12.8 Å². The van der Waals surface area contributed by atoms with Gasteiger partial charge in [-0.3, -0.25) is 4.79 Å². The molecule has 0 aromatic heterocycles. The second-order valence-corrected chi connectivity index (χ2v) is 5.04. The van der Waals surface area contributed by atoms with Crippen molar-refractivity contribution in [3.63, 3.8) is 0 Å². The highest BCUT2D eigenvalue weighted by Gasteiger charge is 2.31. The van der Waals surface area contributed by atoms with Gasteiger partial charge in [-0.1, -0.05) is 12.1 Å². The van der Waals surface area contributed by atoms with Crippen molar-refractivity contribution in [1.29, 1.82) is 0 Å². The maximum Gasteiger partial charge on any atom is 0.260 e. The SMILES string of the molecule is CCOc1cccc(CO)c1OCC(=O)N(CC)C1CC1. The molecule has 0 bridgehead atoms. The first kappa shape index (κ1) is 15.6. The zero-order chi connectivity index (χ0) is 15.2. The van der Waals surface area contributed by atoms with Crippen molar-refractivity contribution in [2.45, 2.75) is 39.3 Å². The van der Waals surface area contributed by atoms with Crippen LogP contribution in [0, 0.1) is 0 Å². The minimum absolute atomic E-state index is 0.0183. The second kappa shape index (κ2) is 7.31. The molecule has 0 spiro atoms. The van der Waals surface area contributed by atoms with Gasteiger partial charge in [-0.2, -0.15) is 0 Å². The summed E-state index contributed by atoms with van der Waals surface area (Å²) >= 11 is 0. The zero-order valence-electron chi connectivity index (χ0n) is 12.7. The lowest BCUT2D eigenvalue weighted by molar-refractivity contribution is -0.133. The van der Waals surface area contributed by atoms with E-state index in [1.807, 2.05) is 18.7 Å². The van der Waals surface area contributed by atoms with E-state index in [-0.39, 0.29) is 19.1 Å². The smallest absolute Gasteiger partial charge is 0.260 e. The number of rotatable bonds is 8. The van der Waals surface area contributed by atoms with Crippen LogP contribution in [0.5, 0.6) is 11.5 Å². The molecule has 5 heteroatoms. The second-order valence-electron chi connectivity index (χ2n) is 5.04. The summed E-state index contributed by atoms with van der Waals surface area (Å²) in [5.41, 5.74) is 0.628. The van der Waals surface area contributed by atoms with Crippen LogP contribution in [-0.4, -0.2) is 41.7 Å². The normalized spacial score (nSPS) is 13.9. The number of aliphatic hydroxyl groups excluding tert-OH is 1. The van der Waals surface area contributed by atoms with Gasteiger partial charge in [0.2, 0.25) is 0 Å². The summed E-state index contributed by atoms with van der Waals surface area (Å²) in [5, 5.41) is 9.40. The fourth-order valence-electron chi connectivity index (χ4n) is 2.36. The third-order valence-electron chi connectivity index (χ3n) is 3.52. The maximum atomic E-state index is 12.2. The number of carbonyl (C=O) groups is 1. The molecule has 1 aliphatic rings. The molecule has 1 saturated carbocycles. The Balaban J connectivity index is 2.05. The number of hydrogen-bond acceptors (Lipinski definition) is 4. The molecule has 0 radical (unpaired) electrons. The Morgan fingerprint density at radius 2 is 2.10 bits per heavy atom. The number of likely N-dealkylation sites (N-methyl/N-ethyl adjacent to an activating group) is 1. The first-order chi connectivity index (χ1) is 10.2. The van der Waals surface area contributed by atoms with Gasteiger partial charge >= 0.3 is 0 Å². The van der Waals surface area contributed by atoms with E-state index in [9.17, 15) is 9.90 Å². The van der Waals surface area contributed by atoms with E-state index in [2.05, 4.69) is 0 Å². The van der Waals surface area contributed by atoms with Crippen LogP contribution in [0.25, 0.3) is 0 Å². The van der Waals surface area contributed by atoms with Gasteiger partial charge in [-0.05, 0) is 32.8 Å². The molecular formula is C16H23NO4. The van der Waals surface area contributed by atoms with Gasteiger partial charge < -0.3 is 19.5 Å². The number of amides is 1. The van der Waals surface area contributed by atoms with E-state index in [4.69, 9.17) is 9.47 Å². The Hall–Kier alpha value is -1.75. The van der Waals surface area contributed by atoms with Crippen molar-refractivity contribution >= 4 is 5.91 Å². The third kappa shape index (κ3) is 3.88.